The third-order valence-electron chi connectivity index (χ3n) is 1.62. The number of nitrogens with zero attached hydrogens (tertiary/aromatic N) is 1. The van der Waals surface area contributed by atoms with E-state index >= 15 is 0 Å². The lowest BCUT2D eigenvalue weighted by molar-refractivity contribution is 0.140. The van der Waals surface area contributed by atoms with E-state index in [-0.39, 0.29) is 17.3 Å². The first-order valence-corrected chi connectivity index (χ1v) is 3.76. The smallest absolute Gasteiger partial charge is 0.284 e. The van der Waals surface area contributed by atoms with E-state index in [0.29, 0.717) is 0 Å². The van der Waals surface area contributed by atoms with Crippen LogP contribution in [0.15, 0.2) is 6.07 Å². The molecule has 0 aliphatic carbocycles. The molecule has 1 rings (SSSR count). The molecule has 0 radical (unpaired) electrons. The number of nitrogen functional groups attached to an aromatic ring is 1. The summed E-state index contributed by atoms with van der Waals surface area (Å²) < 4.78 is 34.3. The average molecular weight is 204 g/mol. The van der Waals surface area contributed by atoms with Gasteiger partial charge in [0.15, 0.2) is 11.4 Å². The number of anilines is 1. The quantitative estimate of drug-likeness (QED) is 0.812. The van der Waals surface area contributed by atoms with E-state index in [4.69, 9.17) is 15.2 Å². The van der Waals surface area contributed by atoms with Crippen LogP contribution < -0.4 is 15.2 Å². The fraction of sp³-hybridized carbons (Fsp3) is 0.375. The maximum Gasteiger partial charge on any atom is 0.284 e. The number of ether oxygens (including phenoxy) is 2. The lowest BCUT2D eigenvalue weighted by Gasteiger charge is -2.10. The first kappa shape index (κ1) is 10.5. The molecule has 1 aromatic rings. The largest absolute Gasteiger partial charge is 0.492 e. The van der Waals surface area contributed by atoms with Gasteiger partial charge < -0.3 is 15.2 Å². The highest BCUT2D eigenvalue weighted by molar-refractivity contribution is 5.57. The zero-order valence-corrected chi connectivity index (χ0v) is 7.75. The van der Waals surface area contributed by atoms with E-state index in [1.165, 1.54) is 20.3 Å². The van der Waals surface area contributed by atoms with Crippen molar-refractivity contribution in [3.8, 4) is 11.6 Å². The zero-order valence-electron chi connectivity index (χ0n) is 7.75. The Bertz CT molecular complexity index is 331. The van der Waals surface area contributed by atoms with Crippen LogP contribution in [0.1, 0.15) is 12.1 Å². The van der Waals surface area contributed by atoms with Gasteiger partial charge in [-0.25, -0.2) is 13.8 Å². The molecule has 2 N–H and O–H groups in total. The maximum atomic E-state index is 12.5. The van der Waals surface area contributed by atoms with Crippen LogP contribution in [-0.2, 0) is 0 Å². The highest BCUT2D eigenvalue weighted by atomic mass is 19.3. The molecule has 6 heteroatoms. The highest BCUT2D eigenvalue weighted by Gasteiger charge is 2.19. The van der Waals surface area contributed by atoms with Crippen molar-refractivity contribution in [1.82, 2.24) is 4.98 Å². The van der Waals surface area contributed by atoms with Gasteiger partial charge in [0, 0.05) is 6.07 Å². The topological polar surface area (TPSA) is 57.4 Å². The van der Waals surface area contributed by atoms with Crippen LogP contribution in [0, 0.1) is 0 Å². The summed E-state index contributed by atoms with van der Waals surface area (Å²) in [6, 6.07) is 1.32. The molecular formula is C8H10F2N2O2. The highest BCUT2D eigenvalue weighted by Crippen LogP contribution is 2.34. The van der Waals surface area contributed by atoms with Gasteiger partial charge in [0.2, 0.25) is 5.88 Å². The molecule has 0 aromatic carbocycles. The zero-order chi connectivity index (χ0) is 10.7. The first-order valence-electron chi connectivity index (χ1n) is 3.76. The number of alkyl halides is 2. The van der Waals surface area contributed by atoms with Crippen molar-refractivity contribution in [3.63, 3.8) is 0 Å². The Labute approximate surface area is 79.6 Å². The van der Waals surface area contributed by atoms with Gasteiger partial charge in [-0.1, -0.05) is 0 Å². The number of methoxy groups -OCH3 is 2. The van der Waals surface area contributed by atoms with Crippen molar-refractivity contribution in [3.05, 3.63) is 11.8 Å². The lowest BCUT2D eigenvalue weighted by Crippen LogP contribution is -2.02. The molecule has 78 valence electrons. The third-order valence-corrected chi connectivity index (χ3v) is 1.62. The van der Waals surface area contributed by atoms with Crippen LogP contribution in [0.2, 0.25) is 0 Å². The Hall–Kier alpha value is -1.59. The minimum atomic E-state index is -2.75. The molecule has 0 saturated carbocycles. The number of aromatic nitrogens is 1. The lowest BCUT2D eigenvalue weighted by atomic mass is 10.3. The van der Waals surface area contributed by atoms with Crippen molar-refractivity contribution in [2.24, 2.45) is 0 Å². The first-order chi connectivity index (χ1) is 6.60. The van der Waals surface area contributed by atoms with E-state index in [2.05, 4.69) is 4.98 Å². The van der Waals surface area contributed by atoms with Crippen molar-refractivity contribution < 1.29 is 18.3 Å². The summed E-state index contributed by atoms with van der Waals surface area (Å²) in [5, 5.41) is 0. The van der Waals surface area contributed by atoms with Crippen LogP contribution in [0.3, 0.4) is 0 Å². The van der Waals surface area contributed by atoms with E-state index in [1.807, 2.05) is 0 Å². The summed E-state index contributed by atoms with van der Waals surface area (Å²) in [7, 11) is 2.58. The Balaban J connectivity index is 3.28. The summed E-state index contributed by atoms with van der Waals surface area (Å²) in [5.74, 6) is -0.0700. The standard InChI is InChI=1S/C8H10F2N2O2/c1-13-5-3-4(11)7(14-2)6(12-5)8(9)10/h3,8H,1-2H3,(H2,11,12). The van der Waals surface area contributed by atoms with E-state index in [1.54, 1.807) is 0 Å². The molecule has 0 fully saturated rings. The monoisotopic (exact) mass is 204 g/mol. The molecule has 1 aromatic heterocycles. The average Bonchev–Trinajstić information content (AvgIpc) is 2.16. The van der Waals surface area contributed by atoms with Crippen molar-refractivity contribution in [2.45, 2.75) is 6.43 Å². The predicted octanol–water partition coefficient (Wildman–Crippen LogP) is 1.62. The third kappa shape index (κ3) is 1.84. The van der Waals surface area contributed by atoms with Crippen molar-refractivity contribution in [2.75, 3.05) is 20.0 Å². The van der Waals surface area contributed by atoms with Gasteiger partial charge in [0.05, 0.1) is 19.9 Å². The van der Waals surface area contributed by atoms with Gasteiger partial charge in [-0.15, -0.1) is 0 Å². The summed E-state index contributed by atoms with van der Waals surface area (Å²) >= 11 is 0. The van der Waals surface area contributed by atoms with Crippen molar-refractivity contribution in [1.29, 1.82) is 0 Å². The Kier molecular flexibility index (Phi) is 3.06. The fourth-order valence-electron chi connectivity index (χ4n) is 1.02. The fourth-order valence-corrected chi connectivity index (χ4v) is 1.02. The number of nitrogens with two attached hydrogens (primary N) is 1. The molecule has 0 atom stereocenters. The van der Waals surface area contributed by atoms with Gasteiger partial charge >= 0.3 is 0 Å². The molecule has 0 spiro atoms. The second-order valence-corrected chi connectivity index (χ2v) is 2.47. The van der Waals surface area contributed by atoms with Gasteiger partial charge in [0.25, 0.3) is 6.43 Å². The molecule has 1 heterocycles. The van der Waals surface area contributed by atoms with Crippen LogP contribution >= 0.6 is 0 Å². The number of rotatable bonds is 3. The maximum absolute atomic E-state index is 12.5. The summed E-state index contributed by atoms with van der Waals surface area (Å²) in [4.78, 5) is 3.55. The Morgan fingerprint density at radius 1 is 1.36 bits per heavy atom. The minimum absolute atomic E-state index is 0.0404. The summed E-state index contributed by atoms with van der Waals surface area (Å²) in [6.07, 6.45) is -2.75. The van der Waals surface area contributed by atoms with E-state index < -0.39 is 12.1 Å². The number of hydrogen-bond acceptors (Lipinski definition) is 4. The summed E-state index contributed by atoms with van der Waals surface area (Å²) in [6.45, 7) is 0. The van der Waals surface area contributed by atoms with Gasteiger partial charge in [0.1, 0.15) is 0 Å². The van der Waals surface area contributed by atoms with E-state index in [0.717, 1.165) is 0 Å². The molecule has 0 saturated heterocycles. The number of hydrogen-bond donors (Lipinski definition) is 1. The van der Waals surface area contributed by atoms with E-state index in [9.17, 15) is 8.78 Å². The molecule has 14 heavy (non-hydrogen) atoms. The normalized spacial score (nSPS) is 10.4. The van der Waals surface area contributed by atoms with Crippen LogP contribution in [-0.4, -0.2) is 19.2 Å². The van der Waals surface area contributed by atoms with Crippen LogP contribution in [0.4, 0.5) is 14.5 Å². The predicted molar refractivity (Wildman–Crippen MR) is 46.7 cm³/mol. The molecule has 0 amide bonds. The molecule has 0 aliphatic rings. The van der Waals surface area contributed by atoms with Crippen molar-refractivity contribution >= 4 is 5.69 Å². The summed E-state index contributed by atoms with van der Waals surface area (Å²) in [5.41, 5.74) is 5.04. The molecule has 0 aliphatic heterocycles. The minimum Gasteiger partial charge on any atom is -0.492 e. The second kappa shape index (κ2) is 4.08. The molecule has 4 nitrogen and oxygen atoms in total. The molecule has 0 unspecified atom stereocenters. The van der Waals surface area contributed by atoms with Crippen LogP contribution in [0.5, 0.6) is 11.6 Å². The Morgan fingerprint density at radius 2 is 2.00 bits per heavy atom. The molecular weight excluding hydrogens is 194 g/mol. The second-order valence-electron chi connectivity index (χ2n) is 2.47. The number of pyridine rings is 1. The van der Waals surface area contributed by atoms with Gasteiger partial charge in [-0.2, -0.15) is 0 Å². The SMILES string of the molecule is COc1cc(N)c(OC)c(C(F)F)n1. The van der Waals surface area contributed by atoms with Gasteiger partial charge in [-0.05, 0) is 0 Å². The van der Waals surface area contributed by atoms with Crippen LogP contribution in [0.25, 0.3) is 0 Å². The Morgan fingerprint density at radius 3 is 2.43 bits per heavy atom. The molecule has 0 bridgehead atoms. The number of halogens is 2. The van der Waals surface area contributed by atoms with Gasteiger partial charge in [-0.3, -0.25) is 0 Å².